The van der Waals surface area contributed by atoms with Crippen molar-refractivity contribution in [2.75, 3.05) is 18.8 Å². The van der Waals surface area contributed by atoms with E-state index in [4.69, 9.17) is 5.73 Å². The zero-order chi connectivity index (χ0) is 11.3. The van der Waals surface area contributed by atoms with Crippen molar-refractivity contribution in [3.8, 4) is 0 Å². The van der Waals surface area contributed by atoms with E-state index < -0.39 is 0 Å². The van der Waals surface area contributed by atoms with Crippen LogP contribution in [0.15, 0.2) is 0 Å². The molecule has 0 saturated heterocycles. The summed E-state index contributed by atoms with van der Waals surface area (Å²) in [6.07, 6.45) is 0.372. The Balaban J connectivity index is 2.43. The second-order valence-electron chi connectivity index (χ2n) is 3.08. The van der Waals surface area contributed by atoms with Crippen molar-refractivity contribution in [2.45, 2.75) is 26.8 Å². The third-order valence-corrected chi connectivity index (χ3v) is 2.21. The van der Waals surface area contributed by atoms with E-state index in [-0.39, 0.29) is 11.9 Å². The number of carbonyl (C=O) groups is 1. The van der Waals surface area contributed by atoms with Crippen molar-refractivity contribution in [3.05, 3.63) is 0 Å². The summed E-state index contributed by atoms with van der Waals surface area (Å²) in [6, 6.07) is 0. The molecule has 0 unspecified atom stereocenters. The number of rotatable bonds is 5. The fourth-order valence-electron chi connectivity index (χ4n) is 1.31. The molecule has 0 saturated carbocycles. The van der Waals surface area contributed by atoms with E-state index in [0.717, 1.165) is 13.1 Å². The van der Waals surface area contributed by atoms with Gasteiger partial charge in [-0.2, -0.15) is 0 Å². The molecule has 0 aromatic carbocycles. The van der Waals surface area contributed by atoms with Gasteiger partial charge in [-0.05, 0) is 24.3 Å². The summed E-state index contributed by atoms with van der Waals surface area (Å²) in [5.41, 5.74) is 5.47. The van der Waals surface area contributed by atoms with Crippen molar-refractivity contribution in [1.29, 1.82) is 0 Å². The molecule has 7 heteroatoms. The molecule has 1 rings (SSSR count). The van der Waals surface area contributed by atoms with Gasteiger partial charge >= 0.3 is 0 Å². The average Bonchev–Trinajstić information content (AvgIpc) is 2.63. The molecule has 1 amide bonds. The van der Waals surface area contributed by atoms with E-state index in [1.807, 2.05) is 13.8 Å². The number of amides is 1. The largest absolute Gasteiger partial charge is 0.367 e. The quantitative estimate of drug-likeness (QED) is 0.711. The van der Waals surface area contributed by atoms with Crippen LogP contribution in [0.3, 0.4) is 0 Å². The van der Waals surface area contributed by atoms with E-state index in [1.165, 1.54) is 4.68 Å². The van der Waals surface area contributed by atoms with Gasteiger partial charge in [0, 0.05) is 19.5 Å². The molecule has 15 heavy (non-hydrogen) atoms. The maximum atomic E-state index is 11.6. The van der Waals surface area contributed by atoms with Crippen molar-refractivity contribution >= 4 is 11.9 Å². The molecular weight excluding hydrogens is 196 g/mol. The molecular formula is C8H16N6O. The second kappa shape index (κ2) is 5.28. The summed E-state index contributed by atoms with van der Waals surface area (Å²) < 4.78 is 1.42. The molecule has 1 aromatic rings. The lowest BCUT2D eigenvalue weighted by Gasteiger charge is -2.18. The highest BCUT2D eigenvalue weighted by molar-refractivity contribution is 5.76. The number of hydrogen-bond donors (Lipinski definition) is 1. The first-order valence-electron chi connectivity index (χ1n) is 4.98. The Labute approximate surface area is 88.2 Å². The van der Waals surface area contributed by atoms with Gasteiger partial charge in [-0.25, -0.2) is 4.68 Å². The van der Waals surface area contributed by atoms with Crippen LogP contribution in [-0.4, -0.2) is 44.1 Å². The van der Waals surface area contributed by atoms with Gasteiger partial charge in [0.1, 0.15) is 0 Å². The zero-order valence-electron chi connectivity index (χ0n) is 9.05. The van der Waals surface area contributed by atoms with Crippen LogP contribution < -0.4 is 5.73 Å². The van der Waals surface area contributed by atoms with Crippen LogP contribution in [0, 0.1) is 0 Å². The lowest BCUT2D eigenvalue weighted by molar-refractivity contribution is -0.131. The highest BCUT2D eigenvalue weighted by atomic mass is 16.2. The molecule has 2 N–H and O–H groups in total. The number of carbonyl (C=O) groups excluding carboxylic acids is 1. The Kier molecular flexibility index (Phi) is 4.02. The smallest absolute Gasteiger partial charge is 0.240 e. The Morgan fingerprint density at radius 3 is 2.60 bits per heavy atom. The summed E-state index contributed by atoms with van der Waals surface area (Å²) in [5, 5.41) is 10.6. The van der Waals surface area contributed by atoms with E-state index in [0.29, 0.717) is 13.0 Å². The van der Waals surface area contributed by atoms with Gasteiger partial charge < -0.3 is 10.6 Å². The molecule has 1 heterocycles. The molecule has 7 nitrogen and oxygen atoms in total. The predicted molar refractivity (Wildman–Crippen MR) is 54.8 cm³/mol. The zero-order valence-corrected chi connectivity index (χ0v) is 9.05. The minimum atomic E-state index is 0.0925. The van der Waals surface area contributed by atoms with Crippen molar-refractivity contribution < 1.29 is 4.79 Å². The second-order valence-corrected chi connectivity index (χ2v) is 3.08. The van der Waals surface area contributed by atoms with Gasteiger partial charge in [0.15, 0.2) is 0 Å². The van der Waals surface area contributed by atoms with E-state index >= 15 is 0 Å². The predicted octanol–water partition coefficient (Wildman–Crippen LogP) is -0.486. The number of nitrogens with two attached hydrogens (primary N) is 1. The summed E-state index contributed by atoms with van der Waals surface area (Å²) in [6.45, 7) is 5.77. The summed E-state index contributed by atoms with van der Waals surface area (Å²) in [4.78, 5) is 13.4. The molecule has 0 fully saturated rings. The van der Waals surface area contributed by atoms with Crippen LogP contribution in [0.2, 0.25) is 0 Å². The Morgan fingerprint density at radius 1 is 1.47 bits per heavy atom. The highest BCUT2D eigenvalue weighted by Crippen LogP contribution is 1.99. The number of nitrogen functional groups attached to an aromatic ring is 1. The minimum Gasteiger partial charge on any atom is -0.367 e. The van der Waals surface area contributed by atoms with Crippen LogP contribution in [0.25, 0.3) is 0 Å². The van der Waals surface area contributed by atoms with Gasteiger partial charge in [-0.1, -0.05) is 5.10 Å². The van der Waals surface area contributed by atoms with Crippen molar-refractivity contribution in [2.24, 2.45) is 0 Å². The number of hydrogen-bond acceptors (Lipinski definition) is 5. The summed E-state index contributed by atoms with van der Waals surface area (Å²) >= 11 is 0. The number of anilines is 1. The molecule has 84 valence electrons. The Hall–Kier alpha value is -1.66. The summed E-state index contributed by atoms with van der Waals surface area (Å²) in [5.74, 6) is 0.331. The summed E-state index contributed by atoms with van der Waals surface area (Å²) in [7, 11) is 0. The van der Waals surface area contributed by atoms with Crippen molar-refractivity contribution in [3.63, 3.8) is 0 Å². The van der Waals surface area contributed by atoms with Gasteiger partial charge in [0.05, 0.1) is 6.54 Å². The molecule has 0 atom stereocenters. The molecule has 0 spiro atoms. The monoisotopic (exact) mass is 212 g/mol. The van der Waals surface area contributed by atoms with Crippen molar-refractivity contribution in [1.82, 2.24) is 25.1 Å². The number of aryl methyl sites for hydroxylation is 1. The third kappa shape index (κ3) is 2.90. The van der Waals surface area contributed by atoms with Crippen LogP contribution in [0.1, 0.15) is 20.3 Å². The maximum Gasteiger partial charge on any atom is 0.240 e. The van der Waals surface area contributed by atoms with Gasteiger partial charge in [-0.3, -0.25) is 4.79 Å². The molecule has 0 aliphatic carbocycles. The fraction of sp³-hybridized carbons (Fsp3) is 0.750. The fourth-order valence-corrected chi connectivity index (χ4v) is 1.31. The first-order chi connectivity index (χ1) is 7.19. The normalized spacial score (nSPS) is 10.3. The third-order valence-electron chi connectivity index (χ3n) is 2.21. The van der Waals surface area contributed by atoms with Gasteiger partial charge in [0.2, 0.25) is 11.9 Å². The lowest BCUT2D eigenvalue weighted by atomic mass is 10.3. The van der Waals surface area contributed by atoms with Crippen LogP contribution in [0.5, 0.6) is 0 Å². The van der Waals surface area contributed by atoms with Crippen LogP contribution >= 0.6 is 0 Å². The first-order valence-corrected chi connectivity index (χ1v) is 4.98. The highest BCUT2D eigenvalue weighted by Gasteiger charge is 2.10. The number of tetrazole rings is 1. The molecule has 1 aromatic heterocycles. The first kappa shape index (κ1) is 11.4. The van der Waals surface area contributed by atoms with Gasteiger partial charge in [0.25, 0.3) is 0 Å². The van der Waals surface area contributed by atoms with E-state index in [9.17, 15) is 4.79 Å². The van der Waals surface area contributed by atoms with Crippen LogP contribution in [0.4, 0.5) is 5.95 Å². The maximum absolute atomic E-state index is 11.6. The van der Waals surface area contributed by atoms with E-state index in [2.05, 4.69) is 15.5 Å². The Morgan fingerprint density at radius 2 is 2.13 bits per heavy atom. The lowest BCUT2D eigenvalue weighted by Crippen LogP contribution is -2.31. The van der Waals surface area contributed by atoms with E-state index in [1.54, 1.807) is 4.90 Å². The number of nitrogens with zero attached hydrogens (tertiary/aromatic N) is 5. The molecule has 0 aliphatic heterocycles. The van der Waals surface area contributed by atoms with Gasteiger partial charge in [-0.15, -0.1) is 0 Å². The Bertz CT molecular complexity index is 319. The minimum absolute atomic E-state index is 0.0925. The molecule has 0 bridgehead atoms. The van der Waals surface area contributed by atoms with Crippen LogP contribution in [-0.2, 0) is 11.3 Å². The molecule has 0 aliphatic rings. The standard InChI is InChI=1S/C8H16N6O/c1-3-13(4-2)7(15)5-6-14-8(9)10-11-12-14/h3-6H2,1-2H3,(H2,9,10,12). The topological polar surface area (TPSA) is 89.9 Å². The molecule has 0 radical (unpaired) electrons. The average molecular weight is 212 g/mol. The SMILES string of the molecule is CCN(CC)C(=O)CCn1nnnc1N. The number of aromatic nitrogens is 4.